The molecule has 0 N–H and O–H groups in total. The zero-order chi connectivity index (χ0) is 18.7. The number of carbonyl (C=O) groups is 1. The summed E-state index contributed by atoms with van der Waals surface area (Å²) in [7, 11) is 1.60. The summed E-state index contributed by atoms with van der Waals surface area (Å²) in [5, 5.41) is 0. The maximum absolute atomic E-state index is 11.2. The molecule has 9 heteroatoms. The van der Waals surface area contributed by atoms with Crippen LogP contribution in [0, 0.1) is 6.92 Å². The molecule has 0 saturated carbocycles. The largest absolute Gasteiger partial charge is 0.493 e. The molecular weight excluding hydrogens is 330 g/mol. The second kappa shape index (κ2) is 10.5. The number of ether oxygens (including phenoxy) is 2. The third kappa shape index (κ3) is 13.2. The highest BCUT2D eigenvalue weighted by Crippen LogP contribution is 2.23. The Morgan fingerprint density at radius 2 is 1.35 bits per heavy atom. The van der Waals surface area contributed by atoms with Gasteiger partial charge in [0.15, 0.2) is 5.76 Å². The van der Waals surface area contributed by atoms with Crippen LogP contribution in [0.1, 0.15) is 5.56 Å². The summed E-state index contributed by atoms with van der Waals surface area (Å²) in [6.07, 6.45) is -9.26. The van der Waals surface area contributed by atoms with Gasteiger partial charge in [0.1, 0.15) is 0 Å². The normalized spacial score (nSPS) is 10.3. The molecule has 3 nitrogen and oxygen atoms in total. The fourth-order valence-electron chi connectivity index (χ4n) is 0.766. The lowest BCUT2D eigenvalue weighted by molar-refractivity contribution is -0.196. The van der Waals surface area contributed by atoms with Crippen LogP contribution in [0.15, 0.2) is 42.7 Å². The molecule has 0 radical (unpaired) electrons. The van der Waals surface area contributed by atoms with E-state index in [0.29, 0.717) is 7.11 Å². The maximum Gasteiger partial charge on any atom is 0.490 e. The van der Waals surface area contributed by atoms with Crippen LogP contribution >= 0.6 is 0 Å². The maximum atomic E-state index is 11.2. The number of carbonyl (C=O) groups excluding carboxylic acids is 1. The fraction of sp³-hybridized carbons (Fsp3) is 0.357. The molecule has 1 rings (SSSR count). The summed E-state index contributed by atoms with van der Waals surface area (Å²) >= 11 is 0. The number of allylic oxidation sites excluding steroid dienone is 1. The Hall–Kier alpha value is -2.19. The highest BCUT2D eigenvalue weighted by molar-refractivity contribution is 5.75. The highest BCUT2D eigenvalue weighted by atomic mass is 19.4. The van der Waals surface area contributed by atoms with Gasteiger partial charge in [-0.25, -0.2) is 4.79 Å². The number of hydrogen-bond acceptors (Lipinski definition) is 3. The Kier molecular flexibility index (Phi) is 10.6. The predicted octanol–water partition coefficient (Wildman–Crippen LogP) is 4.43. The van der Waals surface area contributed by atoms with Crippen LogP contribution in [-0.2, 0) is 14.3 Å². The average Bonchev–Trinajstić information content (AvgIpc) is 2.45. The Morgan fingerprint density at radius 1 is 0.913 bits per heavy atom. The molecule has 0 aromatic heterocycles. The highest BCUT2D eigenvalue weighted by Gasteiger charge is 2.40. The summed E-state index contributed by atoms with van der Waals surface area (Å²) < 4.78 is 73.7. The molecule has 0 unspecified atom stereocenters. The topological polar surface area (TPSA) is 35.5 Å². The third-order valence-corrected chi connectivity index (χ3v) is 1.92. The van der Waals surface area contributed by atoms with Gasteiger partial charge in [0, 0.05) is 0 Å². The molecule has 0 aliphatic rings. The van der Waals surface area contributed by atoms with Crippen molar-refractivity contribution in [2.45, 2.75) is 19.3 Å². The number of rotatable bonds is 1. The number of hydrogen-bond donors (Lipinski definition) is 0. The molecule has 0 amide bonds. The molecule has 1 aromatic carbocycles. The van der Waals surface area contributed by atoms with Crippen LogP contribution in [0.3, 0.4) is 0 Å². The SMILES string of the molecule is C=C(OC)C(F)(F)F.COC(=O)C(F)(F)F.Cc1ccccc1. The van der Waals surface area contributed by atoms with Gasteiger partial charge in [0.25, 0.3) is 0 Å². The summed E-state index contributed by atoms with van der Waals surface area (Å²) in [5.74, 6) is -3.34. The van der Waals surface area contributed by atoms with E-state index in [1.165, 1.54) is 5.56 Å². The van der Waals surface area contributed by atoms with Crippen molar-refractivity contribution in [1.82, 2.24) is 0 Å². The van der Waals surface area contributed by atoms with Crippen LogP contribution in [0.4, 0.5) is 26.3 Å². The smallest absolute Gasteiger partial charge is 0.490 e. The van der Waals surface area contributed by atoms with Crippen molar-refractivity contribution in [3.63, 3.8) is 0 Å². The first-order valence-electron chi connectivity index (χ1n) is 5.83. The molecule has 0 aliphatic heterocycles. The van der Waals surface area contributed by atoms with Gasteiger partial charge in [-0.15, -0.1) is 0 Å². The van der Waals surface area contributed by atoms with Crippen molar-refractivity contribution in [3.05, 3.63) is 48.2 Å². The first-order valence-corrected chi connectivity index (χ1v) is 5.83. The Labute approximate surface area is 129 Å². The zero-order valence-corrected chi connectivity index (χ0v) is 12.6. The first kappa shape index (κ1) is 23.1. The van der Waals surface area contributed by atoms with Gasteiger partial charge < -0.3 is 9.47 Å². The van der Waals surface area contributed by atoms with E-state index in [-0.39, 0.29) is 0 Å². The molecular formula is C14H16F6O3. The molecule has 0 saturated heterocycles. The van der Waals surface area contributed by atoms with Crippen molar-refractivity contribution < 1.29 is 40.6 Å². The molecule has 0 atom stereocenters. The molecule has 0 spiro atoms. The van der Waals surface area contributed by atoms with Gasteiger partial charge in [-0.3, -0.25) is 0 Å². The van der Waals surface area contributed by atoms with Gasteiger partial charge in [0.05, 0.1) is 14.2 Å². The number of esters is 1. The summed E-state index contributed by atoms with van der Waals surface area (Å²) in [6.45, 7) is 4.68. The first-order chi connectivity index (χ1) is 10.4. The lowest BCUT2D eigenvalue weighted by atomic mass is 10.2. The third-order valence-electron chi connectivity index (χ3n) is 1.92. The van der Waals surface area contributed by atoms with E-state index in [1.54, 1.807) is 0 Å². The predicted molar refractivity (Wildman–Crippen MR) is 71.5 cm³/mol. The summed E-state index contributed by atoms with van der Waals surface area (Å²) in [5.41, 5.74) is 1.32. The fourth-order valence-corrected chi connectivity index (χ4v) is 0.766. The monoisotopic (exact) mass is 346 g/mol. The number of alkyl halides is 6. The second-order valence-corrected chi connectivity index (χ2v) is 3.77. The van der Waals surface area contributed by atoms with Crippen LogP contribution in [0.25, 0.3) is 0 Å². The van der Waals surface area contributed by atoms with E-state index >= 15 is 0 Å². The minimum absolute atomic E-state index is 0.676. The molecule has 0 aliphatic carbocycles. The van der Waals surface area contributed by atoms with Gasteiger partial charge in [0.2, 0.25) is 0 Å². The van der Waals surface area contributed by atoms with Crippen LogP contribution in [-0.4, -0.2) is 32.5 Å². The second-order valence-electron chi connectivity index (χ2n) is 3.77. The average molecular weight is 346 g/mol. The van der Waals surface area contributed by atoms with Crippen LogP contribution in [0.2, 0.25) is 0 Å². The molecule has 23 heavy (non-hydrogen) atoms. The molecule has 0 heterocycles. The standard InChI is InChI=1S/C7H8.C4H5F3O.C3H3F3O2/c1-7-5-3-2-4-6-7;1-3(8-2)4(5,6)7;1-8-2(7)3(4,5)6/h2-6H,1H3;1H2,2H3;1H3. The molecule has 0 bridgehead atoms. The molecule has 0 fully saturated rings. The number of halogens is 6. The van der Waals surface area contributed by atoms with Crippen LogP contribution in [0.5, 0.6) is 0 Å². The number of benzene rings is 1. The van der Waals surface area contributed by atoms with E-state index in [2.05, 4.69) is 35.1 Å². The lowest BCUT2D eigenvalue weighted by Crippen LogP contribution is -2.23. The Morgan fingerprint density at radius 3 is 1.43 bits per heavy atom. The van der Waals surface area contributed by atoms with Gasteiger partial charge in [-0.05, 0) is 6.92 Å². The van der Waals surface area contributed by atoms with E-state index in [9.17, 15) is 31.1 Å². The quantitative estimate of drug-likeness (QED) is 0.429. The van der Waals surface area contributed by atoms with Crippen molar-refractivity contribution in [2.75, 3.05) is 14.2 Å². The van der Waals surface area contributed by atoms with Gasteiger partial charge >= 0.3 is 18.3 Å². The van der Waals surface area contributed by atoms with Crippen molar-refractivity contribution >= 4 is 5.97 Å². The van der Waals surface area contributed by atoms with Crippen molar-refractivity contribution in [2.24, 2.45) is 0 Å². The van der Waals surface area contributed by atoms with Gasteiger partial charge in [-0.1, -0.05) is 42.5 Å². The Bertz CT molecular complexity index is 440. The lowest BCUT2D eigenvalue weighted by Gasteiger charge is -2.06. The van der Waals surface area contributed by atoms with Gasteiger partial charge in [-0.2, -0.15) is 26.3 Å². The molecule has 1 aromatic rings. The Balaban J connectivity index is 0. The molecule has 132 valence electrons. The van der Waals surface area contributed by atoms with E-state index < -0.39 is 24.1 Å². The number of aryl methyl sites for hydroxylation is 1. The van der Waals surface area contributed by atoms with E-state index in [4.69, 9.17) is 0 Å². The minimum atomic E-state index is -4.85. The summed E-state index contributed by atoms with van der Waals surface area (Å²) in [4.78, 5) is 9.49. The van der Waals surface area contributed by atoms with E-state index in [1.807, 2.05) is 18.2 Å². The van der Waals surface area contributed by atoms with Crippen LogP contribution < -0.4 is 0 Å². The minimum Gasteiger partial charge on any atom is -0.493 e. The zero-order valence-electron chi connectivity index (χ0n) is 12.6. The van der Waals surface area contributed by atoms with E-state index in [0.717, 1.165) is 7.11 Å². The van der Waals surface area contributed by atoms with Crippen molar-refractivity contribution in [3.8, 4) is 0 Å². The van der Waals surface area contributed by atoms with Crippen molar-refractivity contribution in [1.29, 1.82) is 0 Å². The number of methoxy groups -OCH3 is 2. The summed E-state index contributed by atoms with van der Waals surface area (Å²) in [6, 6.07) is 10.3.